The Kier molecular flexibility index (Phi) is 3.70. The number of carboxylic acid groups (broad SMARTS) is 1. The summed E-state index contributed by atoms with van der Waals surface area (Å²) in [6.45, 7) is 0. The van der Waals surface area contributed by atoms with E-state index in [4.69, 9.17) is 5.11 Å². The van der Waals surface area contributed by atoms with Crippen molar-refractivity contribution in [3.63, 3.8) is 0 Å². The van der Waals surface area contributed by atoms with Crippen molar-refractivity contribution in [2.45, 2.75) is 10.6 Å². The standard InChI is InChI=1S/C11H7F2NO4S/c12-8-2-1-7(4-9(8)13)19(17)5-6-3-10(11(15)16)14-18-6/h1-4H,5H2,(H,15,16). The van der Waals surface area contributed by atoms with Crippen LogP contribution in [-0.2, 0) is 16.6 Å². The molecule has 2 aromatic rings. The lowest BCUT2D eigenvalue weighted by molar-refractivity contribution is 0.0685. The van der Waals surface area contributed by atoms with Crippen LogP contribution < -0.4 is 0 Å². The van der Waals surface area contributed by atoms with Crippen molar-refractivity contribution in [1.82, 2.24) is 5.16 Å². The highest BCUT2D eigenvalue weighted by atomic mass is 32.2. The van der Waals surface area contributed by atoms with Gasteiger partial charge in [0.15, 0.2) is 17.3 Å². The number of rotatable bonds is 4. The van der Waals surface area contributed by atoms with Gasteiger partial charge in [-0.25, -0.2) is 13.6 Å². The molecule has 0 aliphatic rings. The molecule has 100 valence electrons. The molecule has 0 bridgehead atoms. The number of aromatic carboxylic acids is 1. The molecule has 2 rings (SSSR count). The number of carboxylic acids is 1. The number of aromatic nitrogens is 1. The van der Waals surface area contributed by atoms with Gasteiger partial charge < -0.3 is 9.63 Å². The van der Waals surface area contributed by atoms with Gasteiger partial charge in [-0.1, -0.05) is 5.16 Å². The van der Waals surface area contributed by atoms with Crippen LogP contribution in [0, 0.1) is 11.6 Å². The first-order chi connectivity index (χ1) is 8.97. The van der Waals surface area contributed by atoms with Crippen LogP contribution in [0.1, 0.15) is 16.2 Å². The van der Waals surface area contributed by atoms with Crippen molar-refractivity contribution >= 4 is 16.8 Å². The summed E-state index contributed by atoms with van der Waals surface area (Å²) >= 11 is 0. The molecule has 0 aliphatic heterocycles. The fourth-order valence-corrected chi connectivity index (χ4v) is 2.33. The van der Waals surface area contributed by atoms with E-state index in [0.717, 1.165) is 18.2 Å². The molecular formula is C11H7F2NO4S. The maximum atomic E-state index is 13.0. The third-order valence-corrected chi connectivity index (χ3v) is 3.53. The topological polar surface area (TPSA) is 80.4 Å². The minimum atomic E-state index is -1.69. The number of carbonyl (C=O) groups is 1. The summed E-state index contributed by atoms with van der Waals surface area (Å²) in [6.07, 6.45) is 0. The molecule has 0 spiro atoms. The fourth-order valence-electron chi connectivity index (χ4n) is 1.31. The van der Waals surface area contributed by atoms with E-state index in [0.29, 0.717) is 0 Å². The summed E-state index contributed by atoms with van der Waals surface area (Å²) in [4.78, 5) is 10.6. The Morgan fingerprint density at radius 3 is 2.63 bits per heavy atom. The highest BCUT2D eigenvalue weighted by Crippen LogP contribution is 2.16. The predicted octanol–water partition coefficient (Wildman–Crippen LogP) is 1.96. The van der Waals surface area contributed by atoms with Crippen LogP contribution in [0.25, 0.3) is 0 Å². The summed E-state index contributed by atoms with van der Waals surface area (Å²) < 4.78 is 42.2. The third kappa shape index (κ3) is 3.02. The monoisotopic (exact) mass is 287 g/mol. The Labute approximate surface area is 108 Å². The first-order valence-electron chi connectivity index (χ1n) is 4.99. The molecule has 0 aliphatic carbocycles. The molecule has 1 atom stereocenters. The van der Waals surface area contributed by atoms with Crippen LogP contribution >= 0.6 is 0 Å². The molecule has 0 saturated heterocycles. The average Bonchev–Trinajstić information content (AvgIpc) is 2.81. The Bertz CT molecular complexity index is 656. The molecule has 8 heteroatoms. The molecule has 1 aromatic carbocycles. The molecule has 1 heterocycles. The van der Waals surface area contributed by atoms with Gasteiger partial charge >= 0.3 is 5.97 Å². The molecule has 0 radical (unpaired) electrons. The van der Waals surface area contributed by atoms with Gasteiger partial charge in [-0.15, -0.1) is 0 Å². The second-order valence-corrected chi connectivity index (χ2v) is 5.00. The zero-order chi connectivity index (χ0) is 14.0. The summed E-state index contributed by atoms with van der Waals surface area (Å²) in [5.41, 5.74) is -0.308. The van der Waals surface area contributed by atoms with E-state index in [9.17, 15) is 17.8 Å². The maximum absolute atomic E-state index is 13.0. The molecule has 0 saturated carbocycles. The Hall–Kier alpha value is -2.09. The normalized spacial score (nSPS) is 12.3. The Balaban J connectivity index is 2.15. The zero-order valence-electron chi connectivity index (χ0n) is 9.30. The second kappa shape index (κ2) is 5.27. The van der Waals surface area contributed by atoms with Crippen molar-refractivity contribution in [1.29, 1.82) is 0 Å². The summed E-state index contributed by atoms with van der Waals surface area (Å²) in [5, 5.41) is 11.9. The van der Waals surface area contributed by atoms with Gasteiger partial charge in [0.05, 0.1) is 16.6 Å². The van der Waals surface area contributed by atoms with E-state index in [1.54, 1.807) is 0 Å². The lowest BCUT2D eigenvalue weighted by Gasteiger charge is -2.00. The van der Waals surface area contributed by atoms with Gasteiger partial charge in [0, 0.05) is 11.0 Å². The van der Waals surface area contributed by atoms with Crippen LogP contribution in [0.15, 0.2) is 33.7 Å². The molecule has 5 nitrogen and oxygen atoms in total. The smallest absolute Gasteiger partial charge is 0.358 e. The fraction of sp³-hybridized carbons (Fsp3) is 0.0909. The van der Waals surface area contributed by atoms with Gasteiger partial charge in [-0.3, -0.25) is 4.21 Å². The third-order valence-electron chi connectivity index (χ3n) is 2.21. The van der Waals surface area contributed by atoms with Gasteiger partial charge in [0.2, 0.25) is 0 Å². The molecular weight excluding hydrogens is 280 g/mol. The summed E-state index contributed by atoms with van der Waals surface area (Å²) in [5.74, 6) is -3.50. The number of benzene rings is 1. The number of nitrogens with zero attached hydrogens (tertiary/aromatic N) is 1. The van der Waals surface area contributed by atoms with Crippen LogP contribution in [0.5, 0.6) is 0 Å². The number of hydrogen-bond acceptors (Lipinski definition) is 4. The van der Waals surface area contributed by atoms with Crippen LogP contribution in [0.3, 0.4) is 0 Å². The van der Waals surface area contributed by atoms with Crippen molar-refractivity contribution < 1.29 is 27.4 Å². The van der Waals surface area contributed by atoms with Crippen molar-refractivity contribution in [3.05, 3.63) is 47.4 Å². The lowest BCUT2D eigenvalue weighted by Crippen LogP contribution is -1.98. The molecule has 1 unspecified atom stereocenters. The first kappa shape index (κ1) is 13.3. The zero-order valence-corrected chi connectivity index (χ0v) is 10.1. The maximum Gasteiger partial charge on any atom is 0.358 e. The van der Waals surface area contributed by atoms with Gasteiger partial charge in [-0.05, 0) is 18.2 Å². The van der Waals surface area contributed by atoms with Gasteiger partial charge in [0.1, 0.15) is 5.76 Å². The highest BCUT2D eigenvalue weighted by Gasteiger charge is 2.15. The van der Waals surface area contributed by atoms with E-state index in [-0.39, 0.29) is 22.1 Å². The average molecular weight is 287 g/mol. The quantitative estimate of drug-likeness (QED) is 0.929. The number of hydrogen-bond donors (Lipinski definition) is 1. The van der Waals surface area contributed by atoms with Crippen LogP contribution in [-0.4, -0.2) is 20.4 Å². The SMILES string of the molecule is O=C(O)c1cc(CS(=O)c2ccc(F)c(F)c2)on1. The van der Waals surface area contributed by atoms with Gasteiger partial charge in [0.25, 0.3) is 0 Å². The largest absolute Gasteiger partial charge is 0.476 e. The van der Waals surface area contributed by atoms with Crippen molar-refractivity contribution in [2.75, 3.05) is 0 Å². The van der Waals surface area contributed by atoms with E-state index in [1.165, 1.54) is 6.07 Å². The molecule has 19 heavy (non-hydrogen) atoms. The van der Waals surface area contributed by atoms with E-state index >= 15 is 0 Å². The molecule has 0 amide bonds. The van der Waals surface area contributed by atoms with Crippen molar-refractivity contribution in [3.8, 4) is 0 Å². The molecule has 1 N–H and O–H groups in total. The van der Waals surface area contributed by atoms with E-state index < -0.39 is 28.4 Å². The highest BCUT2D eigenvalue weighted by molar-refractivity contribution is 7.84. The summed E-state index contributed by atoms with van der Waals surface area (Å²) in [7, 11) is -1.69. The van der Waals surface area contributed by atoms with Crippen LogP contribution in [0.2, 0.25) is 0 Å². The minimum Gasteiger partial charge on any atom is -0.476 e. The molecule has 0 fully saturated rings. The summed E-state index contributed by atoms with van der Waals surface area (Å²) in [6, 6.07) is 3.99. The molecule has 1 aromatic heterocycles. The van der Waals surface area contributed by atoms with E-state index in [2.05, 4.69) is 9.68 Å². The lowest BCUT2D eigenvalue weighted by atomic mass is 10.3. The van der Waals surface area contributed by atoms with Crippen LogP contribution in [0.4, 0.5) is 8.78 Å². The second-order valence-electron chi connectivity index (χ2n) is 3.55. The Morgan fingerprint density at radius 2 is 2.05 bits per heavy atom. The first-order valence-corrected chi connectivity index (χ1v) is 6.31. The Morgan fingerprint density at radius 1 is 1.32 bits per heavy atom. The van der Waals surface area contributed by atoms with Crippen molar-refractivity contribution in [2.24, 2.45) is 0 Å². The van der Waals surface area contributed by atoms with Gasteiger partial charge in [-0.2, -0.15) is 0 Å². The predicted molar refractivity (Wildman–Crippen MR) is 59.9 cm³/mol. The minimum absolute atomic E-state index is 0.0761. The van der Waals surface area contributed by atoms with E-state index in [1.807, 2.05) is 0 Å². The number of halogens is 2.